The molecule has 1 aromatic carbocycles. The Kier molecular flexibility index (Phi) is 6.17. The first-order valence-corrected chi connectivity index (χ1v) is 9.34. The fourth-order valence-corrected chi connectivity index (χ4v) is 3.47. The second-order valence-electron chi connectivity index (χ2n) is 5.92. The highest BCUT2D eigenvalue weighted by Crippen LogP contribution is 2.26. The Morgan fingerprint density at radius 1 is 1.18 bits per heavy atom. The molecule has 122 valence electrons. The van der Waals surface area contributed by atoms with Gasteiger partial charge in [-0.05, 0) is 57.1 Å². The lowest BCUT2D eigenvalue weighted by Crippen LogP contribution is -2.34. The Hall–Kier alpha value is -1.17. The summed E-state index contributed by atoms with van der Waals surface area (Å²) in [5, 5.41) is 0. The van der Waals surface area contributed by atoms with Crippen molar-refractivity contribution in [2.24, 2.45) is 5.92 Å². The lowest BCUT2D eigenvalue weighted by molar-refractivity contribution is 0.133. The van der Waals surface area contributed by atoms with Crippen LogP contribution >= 0.6 is 0 Å². The van der Waals surface area contributed by atoms with Gasteiger partial charge >= 0.3 is 10.1 Å². The molecule has 0 radical (unpaired) electrons. The first-order valence-electron chi connectivity index (χ1n) is 7.93. The van der Waals surface area contributed by atoms with Gasteiger partial charge in [0.25, 0.3) is 0 Å². The summed E-state index contributed by atoms with van der Waals surface area (Å²) in [6, 6.07) is 6.77. The van der Waals surface area contributed by atoms with Crippen molar-refractivity contribution in [1.29, 1.82) is 0 Å². The molecule has 0 aromatic heterocycles. The Balaban J connectivity index is 1.83. The van der Waals surface area contributed by atoms with Crippen LogP contribution in [0.25, 0.3) is 0 Å². The fourth-order valence-electron chi connectivity index (χ4n) is 2.64. The molecule has 1 aromatic rings. The lowest BCUT2D eigenvalue weighted by Gasteiger charge is -2.26. The Morgan fingerprint density at radius 3 is 2.41 bits per heavy atom. The Morgan fingerprint density at radius 2 is 1.82 bits per heavy atom. The van der Waals surface area contributed by atoms with Crippen LogP contribution in [0, 0.1) is 12.8 Å². The van der Waals surface area contributed by atoms with Gasteiger partial charge in [-0.3, -0.25) is 0 Å². The molecule has 0 unspecified atom stereocenters. The van der Waals surface area contributed by atoms with Crippen molar-refractivity contribution in [2.75, 3.05) is 0 Å². The van der Waals surface area contributed by atoms with E-state index in [2.05, 4.69) is 24.6 Å². The van der Waals surface area contributed by atoms with Crippen LogP contribution in [0.1, 0.15) is 44.6 Å². The summed E-state index contributed by atoms with van der Waals surface area (Å²) in [5.41, 5.74) is 3.76. The number of aryl methyl sites for hydroxylation is 1. The number of rotatable bonds is 6. The summed E-state index contributed by atoms with van der Waals surface area (Å²) < 4.78 is 29.2. The number of allylic oxidation sites excluding steroid dienone is 2. The van der Waals surface area contributed by atoms with Crippen molar-refractivity contribution in [1.82, 2.24) is 5.48 Å². The molecule has 1 fully saturated rings. The third-order valence-corrected chi connectivity index (χ3v) is 5.22. The Labute approximate surface area is 133 Å². The minimum atomic E-state index is -3.73. The maximum atomic E-state index is 12.1. The van der Waals surface area contributed by atoms with Gasteiger partial charge in [0.05, 0.1) is 4.90 Å². The molecule has 0 bridgehead atoms. The summed E-state index contributed by atoms with van der Waals surface area (Å²) in [6.45, 7) is 4.05. The number of benzene rings is 1. The van der Waals surface area contributed by atoms with Crippen LogP contribution in [-0.4, -0.2) is 14.5 Å². The van der Waals surface area contributed by atoms with Gasteiger partial charge in [-0.2, -0.15) is 18.2 Å². The molecule has 0 atom stereocenters. The highest BCUT2D eigenvalue weighted by molar-refractivity contribution is 7.86. The number of nitrogens with one attached hydrogen (secondary N) is 1. The van der Waals surface area contributed by atoms with Gasteiger partial charge < -0.3 is 0 Å². The van der Waals surface area contributed by atoms with Crippen molar-refractivity contribution in [3.8, 4) is 0 Å². The molecule has 1 aliphatic carbocycles. The average Bonchev–Trinajstić information content (AvgIpc) is 2.52. The number of hydrogen-bond acceptors (Lipinski definition) is 4. The molecule has 2 rings (SSSR count). The predicted octanol–water partition coefficient (Wildman–Crippen LogP) is 3.73. The van der Waals surface area contributed by atoms with E-state index in [1.165, 1.54) is 0 Å². The molecule has 1 aliphatic rings. The molecular formula is C17H25NO3S. The smallest absolute Gasteiger partial charge is 0.192 e. The van der Waals surface area contributed by atoms with Gasteiger partial charge in [0, 0.05) is 6.04 Å². The summed E-state index contributed by atoms with van der Waals surface area (Å²) in [4.78, 5) is 0.185. The van der Waals surface area contributed by atoms with E-state index < -0.39 is 10.1 Å². The van der Waals surface area contributed by atoms with Crippen molar-refractivity contribution in [2.45, 2.75) is 56.9 Å². The number of hydroxylamine groups is 1. The van der Waals surface area contributed by atoms with Gasteiger partial charge in [-0.15, -0.1) is 0 Å². The molecule has 0 amide bonds. The SMILES string of the molecule is CC/C=C/C1CCC(NOS(=O)(=O)c2ccc(C)cc2)CC1. The largest absolute Gasteiger partial charge is 0.312 e. The molecule has 0 aliphatic heterocycles. The first-order chi connectivity index (χ1) is 10.5. The third-order valence-electron chi connectivity index (χ3n) is 4.05. The Bertz CT molecular complexity index is 585. The van der Waals surface area contributed by atoms with E-state index in [0.717, 1.165) is 37.7 Å². The topological polar surface area (TPSA) is 55.4 Å². The van der Waals surface area contributed by atoms with Gasteiger partial charge in [-0.25, -0.2) is 0 Å². The van der Waals surface area contributed by atoms with Crippen LogP contribution in [-0.2, 0) is 14.4 Å². The van der Waals surface area contributed by atoms with E-state index in [-0.39, 0.29) is 10.9 Å². The highest BCUT2D eigenvalue weighted by Gasteiger charge is 2.22. The number of hydrogen-bond donors (Lipinski definition) is 1. The molecule has 0 spiro atoms. The zero-order chi connectivity index (χ0) is 16.0. The van der Waals surface area contributed by atoms with Gasteiger partial charge in [-0.1, -0.05) is 36.8 Å². The molecule has 4 nitrogen and oxygen atoms in total. The van der Waals surface area contributed by atoms with Crippen LogP contribution in [0.3, 0.4) is 0 Å². The summed E-state index contributed by atoms with van der Waals surface area (Å²) >= 11 is 0. The van der Waals surface area contributed by atoms with Crippen LogP contribution in [0.4, 0.5) is 0 Å². The van der Waals surface area contributed by atoms with E-state index in [9.17, 15) is 8.42 Å². The van der Waals surface area contributed by atoms with E-state index in [1.807, 2.05) is 6.92 Å². The van der Waals surface area contributed by atoms with Crippen molar-refractivity contribution in [3.63, 3.8) is 0 Å². The normalized spacial score (nSPS) is 23.0. The quantitative estimate of drug-likeness (QED) is 0.640. The van der Waals surface area contributed by atoms with E-state index in [4.69, 9.17) is 4.28 Å². The highest BCUT2D eigenvalue weighted by atomic mass is 32.2. The molecule has 1 N–H and O–H groups in total. The summed E-state index contributed by atoms with van der Waals surface area (Å²) in [6.07, 6.45) is 9.56. The van der Waals surface area contributed by atoms with Crippen molar-refractivity contribution >= 4 is 10.1 Å². The summed E-state index contributed by atoms with van der Waals surface area (Å²) in [5.74, 6) is 0.617. The van der Waals surface area contributed by atoms with Crippen LogP contribution in [0.5, 0.6) is 0 Å². The van der Waals surface area contributed by atoms with E-state index >= 15 is 0 Å². The second-order valence-corrected chi connectivity index (χ2v) is 7.46. The predicted molar refractivity (Wildman–Crippen MR) is 87.8 cm³/mol. The maximum absolute atomic E-state index is 12.1. The van der Waals surface area contributed by atoms with Gasteiger partial charge in [0.1, 0.15) is 0 Å². The van der Waals surface area contributed by atoms with Gasteiger partial charge in [0.15, 0.2) is 0 Å². The molecule has 5 heteroatoms. The van der Waals surface area contributed by atoms with E-state index in [1.54, 1.807) is 24.3 Å². The summed E-state index contributed by atoms with van der Waals surface area (Å²) in [7, 11) is -3.73. The second kappa shape index (κ2) is 7.90. The average molecular weight is 323 g/mol. The zero-order valence-corrected chi connectivity index (χ0v) is 14.1. The minimum absolute atomic E-state index is 0.103. The first kappa shape index (κ1) is 17.2. The molecule has 22 heavy (non-hydrogen) atoms. The van der Waals surface area contributed by atoms with Gasteiger partial charge in [0.2, 0.25) is 0 Å². The van der Waals surface area contributed by atoms with Crippen molar-refractivity contribution in [3.05, 3.63) is 42.0 Å². The standard InChI is InChI=1S/C17H25NO3S/c1-3-4-5-15-8-10-16(11-9-15)18-21-22(19,20)17-12-6-14(2)7-13-17/h4-7,12-13,15-16,18H,3,8-11H2,1-2H3/b5-4+. The van der Waals surface area contributed by atoms with Crippen LogP contribution < -0.4 is 5.48 Å². The third kappa shape index (κ3) is 4.93. The monoisotopic (exact) mass is 323 g/mol. The molecule has 1 saturated carbocycles. The van der Waals surface area contributed by atoms with Crippen molar-refractivity contribution < 1.29 is 12.7 Å². The minimum Gasteiger partial charge on any atom is -0.192 e. The molecule has 0 saturated heterocycles. The lowest BCUT2D eigenvalue weighted by atomic mass is 9.86. The fraction of sp³-hybridized carbons (Fsp3) is 0.529. The molecular weight excluding hydrogens is 298 g/mol. The molecule has 0 heterocycles. The van der Waals surface area contributed by atoms with E-state index in [0.29, 0.717) is 5.92 Å². The van der Waals surface area contributed by atoms with Crippen LogP contribution in [0.2, 0.25) is 0 Å². The van der Waals surface area contributed by atoms with Crippen LogP contribution in [0.15, 0.2) is 41.3 Å². The maximum Gasteiger partial charge on any atom is 0.312 e. The zero-order valence-electron chi connectivity index (χ0n) is 13.3.